The van der Waals surface area contributed by atoms with Crippen LogP contribution in [0.2, 0.25) is 0 Å². The third kappa shape index (κ3) is 4.75. The zero-order valence-electron chi connectivity index (χ0n) is 17.5. The quantitative estimate of drug-likeness (QED) is 0.513. The first-order valence-electron chi connectivity index (χ1n) is 10.2. The molecule has 0 amide bonds. The molecule has 0 aliphatic carbocycles. The van der Waals surface area contributed by atoms with Crippen molar-refractivity contribution >= 4 is 27.2 Å². The van der Waals surface area contributed by atoms with Gasteiger partial charge in [0.15, 0.2) is 15.5 Å². The Labute approximate surface area is 181 Å². The van der Waals surface area contributed by atoms with E-state index in [4.69, 9.17) is 4.74 Å². The van der Waals surface area contributed by atoms with Crippen molar-refractivity contribution in [3.63, 3.8) is 0 Å². The van der Waals surface area contributed by atoms with Crippen LogP contribution < -0.4 is 4.74 Å². The average molecular weight is 444 g/mol. The molecule has 0 bridgehead atoms. The molecule has 0 N–H and O–H groups in total. The highest BCUT2D eigenvalue weighted by Gasteiger charge is 2.24. The lowest BCUT2D eigenvalue weighted by Crippen LogP contribution is -2.37. The molecule has 2 aromatic heterocycles. The molecular formula is C21H25N5O4S. The Morgan fingerprint density at radius 2 is 1.90 bits per heavy atom. The van der Waals surface area contributed by atoms with Crippen molar-refractivity contribution in [3.05, 3.63) is 36.8 Å². The van der Waals surface area contributed by atoms with Gasteiger partial charge in [-0.25, -0.2) is 23.1 Å². The highest BCUT2D eigenvalue weighted by molar-refractivity contribution is 7.90. The molecule has 0 saturated carbocycles. The van der Waals surface area contributed by atoms with Crippen molar-refractivity contribution in [1.29, 1.82) is 0 Å². The summed E-state index contributed by atoms with van der Waals surface area (Å²) in [5.74, 6) is 0.902. The zero-order chi connectivity index (χ0) is 22.0. The normalized spacial score (nSPS) is 17.0. The van der Waals surface area contributed by atoms with E-state index in [0.717, 1.165) is 38.8 Å². The summed E-state index contributed by atoms with van der Waals surface area (Å²) >= 11 is 0. The number of likely N-dealkylation sites (tertiary alicyclic amines) is 1. The molecule has 4 rings (SSSR count). The Morgan fingerprint density at radius 1 is 1.19 bits per heavy atom. The first-order valence-corrected chi connectivity index (χ1v) is 12.1. The van der Waals surface area contributed by atoms with Crippen LogP contribution in [0.1, 0.15) is 25.8 Å². The number of carbonyl (C=O) groups excluding carboxylic acids is 1. The summed E-state index contributed by atoms with van der Waals surface area (Å²) in [4.78, 5) is 22.1. The molecule has 3 heterocycles. The lowest BCUT2D eigenvalue weighted by Gasteiger charge is -2.32. The number of hydrogen-bond donors (Lipinski definition) is 0. The average Bonchev–Trinajstić information content (AvgIpc) is 3.19. The number of hydrogen-bond acceptors (Lipinski definition) is 8. The predicted octanol–water partition coefficient (Wildman–Crippen LogP) is 2.49. The van der Waals surface area contributed by atoms with Crippen molar-refractivity contribution in [3.8, 4) is 11.6 Å². The first kappa shape index (κ1) is 21.4. The molecule has 10 heteroatoms. The van der Waals surface area contributed by atoms with E-state index in [-0.39, 0.29) is 16.9 Å². The third-order valence-corrected chi connectivity index (χ3v) is 6.63. The van der Waals surface area contributed by atoms with Crippen molar-refractivity contribution in [2.24, 2.45) is 5.92 Å². The van der Waals surface area contributed by atoms with Gasteiger partial charge in [-0.3, -0.25) is 0 Å². The number of piperidine rings is 1. The lowest BCUT2D eigenvalue weighted by atomic mass is 10.0. The maximum atomic E-state index is 11.6. The van der Waals surface area contributed by atoms with Crippen LogP contribution in [0.25, 0.3) is 11.0 Å². The number of aldehydes is 1. The van der Waals surface area contributed by atoms with Gasteiger partial charge in [0.2, 0.25) is 5.88 Å². The van der Waals surface area contributed by atoms with Crippen molar-refractivity contribution < 1.29 is 17.9 Å². The van der Waals surface area contributed by atoms with Crippen LogP contribution in [0.5, 0.6) is 11.6 Å². The van der Waals surface area contributed by atoms with Crippen LogP contribution >= 0.6 is 0 Å². The first-order chi connectivity index (χ1) is 14.8. The van der Waals surface area contributed by atoms with E-state index in [9.17, 15) is 13.2 Å². The maximum Gasteiger partial charge on any atom is 0.233 e. The maximum absolute atomic E-state index is 11.6. The molecule has 3 aromatic rings. The van der Waals surface area contributed by atoms with Gasteiger partial charge in [0.25, 0.3) is 0 Å². The molecule has 1 atom stereocenters. The minimum Gasteiger partial charge on any atom is -0.438 e. The minimum atomic E-state index is -3.26. The SMILES string of the molecule is CC(C=O)CN1CCC(n2ncc3c(Oc4ccc(S(C)(=O)=O)cc4)ncnc32)CC1. The number of carbonyl (C=O) groups is 1. The van der Waals surface area contributed by atoms with Crippen molar-refractivity contribution in [1.82, 2.24) is 24.6 Å². The van der Waals surface area contributed by atoms with Gasteiger partial charge in [-0.2, -0.15) is 5.10 Å². The Bertz CT molecular complexity index is 1170. The molecule has 0 spiro atoms. The molecule has 1 fully saturated rings. The lowest BCUT2D eigenvalue weighted by molar-refractivity contribution is -0.111. The minimum absolute atomic E-state index is 0.0426. The van der Waals surface area contributed by atoms with Crippen LogP contribution in [0.3, 0.4) is 0 Å². The number of sulfone groups is 1. The van der Waals surface area contributed by atoms with E-state index in [1.807, 2.05) is 11.6 Å². The van der Waals surface area contributed by atoms with E-state index < -0.39 is 9.84 Å². The van der Waals surface area contributed by atoms with E-state index in [1.165, 1.54) is 24.7 Å². The number of fused-ring (bicyclic) bond motifs is 1. The van der Waals surface area contributed by atoms with Gasteiger partial charge in [-0.05, 0) is 37.1 Å². The highest BCUT2D eigenvalue weighted by Crippen LogP contribution is 2.31. The fourth-order valence-electron chi connectivity index (χ4n) is 3.85. The van der Waals surface area contributed by atoms with E-state index in [2.05, 4.69) is 20.0 Å². The topological polar surface area (TPSA) is 107 Å². The number of benzene rings is 1. The van der Waals surface area contributed by atoms with Gasteiger partial charge < -0.3 is 14.4 Å². The monoisotopic (exact) mass is 443 g/mol. The van der Waals surface area contributed by atoms with Gasteiger partial charge in [0.1, 0.15) is 23.7 Å². The molecule has 0 radical (unpaired) electrons. The summed E-state index contributed by atoms with van der Waals surface area (Å²) in [6.45, 7) is 4.54. The van der Waals surface area contributed by atoms with E-state index >= 15 is 0 Å². The molecule has 1 saturated heterocycles. The summed E-state index contributed by atoms with van der Waals surface area (Å²) in [5, 5.41) is 5.25. The Hall–Kier alpha value is -2.85. The summed E-state index contributed by atoms with van der Waals surface area (Å²) in [7, 11) is -3.26. The van der Waals surface area contributed by atoms with Gasteiger partial charge in [0.05, 0.1) is 17.1 Å². The molecular weight excluding hydrogens is 418 g/mol. The number of aromatic nitrogens is 4. The zero-order valence-corrected chi connectivity index (χ0v) is 18.3. The fraction of sp³-hybridized carbons (Fsp3) is 0.429. The molecule has 164 valence electrons. The second-order valence-electron chi connectivity index (χ2n) is 8.00. The molecule has 1 aromatic carbocycles. The van der Waals surface area contributed by atoms with Gasteiger partial charge in [-0.15, -0.1) is 0 Å². The van der Waals surface area contributed by atoms with Crippen molar-refractivity contribution in [2.45, 2.75) is 30.7 Å². The van der Waals surface area contributed by atoms with Crippen LogP contribution in [0.4, 0.5) is 0 Å². The summed E-state index contributed by atoms with van der Waals surface area (Å²) in [6.07, 6.45) is 7.17. The Kier molecular flexibility index (Phi) is 6.01. The molecule has 31 heavy (non-hydrogen) atoms. The Morgan fingerprint density at radius 3 is 2.55 bits per heavy atom. The summed E-state index contributed by atoms with van der Waals surface area (Å²) < 4.78 is 31.1. The van der Waals surface area contributed by atoms with Crippen LogP contribution in [-0.4, -0.2) is 65.2 Å². The largest absolute Gasteiger partial charge is 0.438 e. The summed E-state index contributed by atoms with van der Waals surface area (Å²) in [5.41, 5.74) is 0.706. The van der Waals surface area contributed by atoms with E-state index in [1.54, 1.807) is 18.3 Å². The highest BCUT2D eigenvalue weighted by atomic mass is 32.2. The number of rotatable bonds is 7. The van der Waals surface area contributed by atoms with Gasteiger partial charge in [-0.1, -0.05) is 6.92 Å². The molecule has 1 unspecified atom stereocenters. The number of ether oxygens (including phenoxy) is 1. The fourth-order valence-corrected chi connectivity index (χ4v) is 4.48. The second-order valence-corrected chi connectivity index (χ2v) is 10.0. The smallest absolute Gasteiger partial charge is 0.233 e. The second kappa shape index (κ2) is 8.72. The number of nitrogens with zero attached hydrogens (tertiary/aromatic N) is 5. The molecule has 1 aliphatic heterocycles. The van der Waals surface area contributed by atoms with Crippen LogP contribution in [-0.2, 0) is 14.6 Å². The van der Waals surface area contributed by atoms with Gasteiger partial charge in [0, 0.05) is 31.8 Å². The van der Waals surface area contributed by atoms with Crippen LogP contribution in [0.15, 0.2) is 41.7 Å². The standard InChI is InChI=1S/C21H25N5O4S/c1-15(13-27)12-25-9-7-16(8-10-25)26-20-19(11-24-26)21(23-14-22-20)30-17-3-5-18(6-4-17)31(2,28)29/h3-6,11,13-16H,7-10,12H2,1-2H3. The van der Waals surface area contributed by atoms with Crippen LogP contribution in [0, 0.1) is 5.92 Å². The van der Waals surface area contributed by atoms with Gasteiger partial charge >= 0.3 is 0 Å². The third-order valence-electron chi connectivity index (χ3n) is 5.50. The van der Waals surface area contributed by atoms with Crippen molar-refractivity contribution in [2.75, 3.05) is 25.9 Å². The van der Waals surface area contributed by atoms with E-state index in [0.29, 0.717) is 22.7 Å². The molecule has 1 aliphatic rings. The Balaban J connectivity index is 1.50. The summed E-state index contributed by atoms with van der Waals surface area (Å²) in [6, 6.07) is 6.43. The predicted molar refractivity (Wildman–Crippen MR) is 115 cm³/mol. The molecule has 9 nitrogen and oxygen atoms in total.